The van der Waals surface area contributed by atoms with E-state index >= 15 is 0 Å². The van der Waals surface area contributed by atoms with E-state index in [1.54, 1.807) is 30.3 Å². The van der Waals surface area contributed by atoms with Gasteiger partial charge in [-0.25, -0.2) is 4.79 Å². The molecule has 2 saturated heterocycles. The van der Waals surface area contributed by atoms with E-state index in [0.717, 1.165) is 0 Å². The summed E-state index contributed by atoms with van der Waals surface area (Å²) in [7, 11) is 0. The van der Waals surface area contributed by atoms with Crippen LogP contribution in [0, 0.1) is 0 Å². The number of nitrogens with one attached hydrogen (secondary N) is 1. The number of anilines is 1. The number of hydrogen-bond donors (Lipinski definition) is 3. The molecule has 2 aromatic rings. The van der Waals surface area contributed by atoms with Crippen molar-refractivity contribution in [1.82, 2.24) is 9.55 Å². The fourth-order valence-electron chi connectivity index (χ4n) is 3.21. The van der Waals surface area contributed by atoms with Crippen LogP contribution >= 0.6 is 0 Å². The van der Waals surface area contributed by atoms with E-state index in [4.69, 9.17) is 9.47 Å². The lowest BCUT2D eigenvalue weighted by molar-refractivity contribution is -0.187. The normalized spacial score (nSPS) is 29.7. The fourth-order valence-corrected chi connectivity index (χ4v) is 3.21. The first-order valence-electron chi connectivity index (χ1n) is 8.08. The third kappa shape index (κ3) is 2.61. The number of aliphatic hydroxyl groups excluding tert-OH is 2. The highest BCUT2D eigenvalue weighted by molar-refractivity contribution is 6.03. The van der Waals surface area contributed by atoms with Crippen LogP contribution in [0.25, 0.3) is 0 Å². The van der Waals surface area contributed by atoms with Gasteiger partial charge in [-0.05, 0) is 18.2 Å². The Balaban J connectivity index is 1.54. The van der Waals surface area contributed by atoms with E-state index in [2.05, 4.69) is 10.3 Å². The van der Waals surface area contributed by atoms with Crippen LogP contribution in [0.1, 0.15) is 16.6 Å². The van der Waals surface area contributed by atoms with Gasteiger partial charge in [-0.1, -0.05) is 18.2 Å². The Hall–Kier alpha value is -2.59. The van der Waals surface area contributed by atoms with Crippen molar-refractivity contribution in [3.8, 4) is 0 Å². The number of carbonyl (C=O) groups excluding carboxylic acids is 1. The first-order valence-corrected chi connectivity index (χ1v) is 8.08. The van der Waals surface area contributed by atoms with Crippen molar-refractivity contribution < 1.29 is 24.5 Å². The Morgan fingerprint density at radius 3 is 2.77 bits per heavy atom. The number of ether oxygens (including phenoxy) is 2. The van der Waals surface area contributed by atoms with E-state index in [1.165, 1.54) is 16.8 Å². The lowest BCUT2D eigenvalue weighted by atomic mass is 10.0. The highest BCUT2D eigenvalue weighted by Crippen LogP contribution is 2.44. The minimum Gasteiger partial charge on any atom is -0.393 e. The second kappa shape index (κ2) is 6.29. The number of fused-ring (bicyclic) bond motifs is 2. The van der Waals surface area contributed by atoms with Crippen molar-refractivity contribution in [2.45, 2.75) is 24.0 Å². The summed E-state index contributed by atoms with van der Waals surface area (Å²) in [5.41, 5.74) is -1.46. The Kier molecular flexibility index (Phi) is 4.08. The molecule has 136 valence electrons. The maximum absolute atomic E-state index is 12.3. The first kappa shape index (κ1) is 16.9. The molecule has 26 heavy (non-hydrogen) atoms. The number of carbonyl (C=O) groups is 1. The molecule has 2 aliphatic heterocycles. The van der Waals surface area contributed by atoms with Gasteiger partial charge in [0.2, 0.25) is 0 Å². The maximum atomic E-state index is 12.3. The highest BCUT2D eigenvalue weighted by Gasteiger charge is 2.61. The third-order valence-corrected chi connectivity index (χ3v) is 4.66. The van der Waals surface area contributed by atoms with E-state index in [9.17, 15) is 19.8 Å². The fraction of sp³-hybridized carbons (Fsp3) is 0.353. The molecule has 1 amide bonds. The summed E-state index contributed by atoms with van der Waals surface area (Å²) in [6.45, 7) is -0.367. The second-order valence-corrected chi connectivity index (χ2v) is 6.27. The van der Waals surface area contributed by atoms with Crippen LogP contribution in [-0.2, 0) is 9.47 Å². The average Bonchev–Trinajstić information content (AvgIpc) is 3.13. The molecule has 9 heteroatoms. The number of aliphatic hydroxyl groups is 2. The van der Waals surface area contributed by atoms with Gasteiger partial charge in [0.25, 0.3) is 5.91 Å². The van der Waals surface area contributed by atoms with Crippen LogP contribution in [0.3, 0.4) is 0 Å². The predicted molar refractivity (Wildman–Crippen MR) is 88.6 cm³/mol. The number of benzene rings is 1. The van der Waals surface area contributed by atoms with Gasteiger partial charge in [-0.15, -0.1) is 0 Å². The minimum atomic E-state index is -1.23. The summed E-state index contributed by atoms with van der Waals surface area (Å²) in [6, 6.07) is 10.0. The Labute approximate surface area is 147 Å². The van der Waals surface area contributed by atoms with E-state index < -0.39 is 36.3 Å². The molecule has 0 radical (unpaired) electrons. The quantitative estimate of drug-likeness (QED) is 0.673. The Bertz CT molecular complexity index is 886. The van der Waals surface area contributed by atoms with Gasteiger partial charge in [0, 0.05) is 11.8 Å². The summed E-state index contributed by atoms with van der Waals surface area (Å²) in [5, 5.41) is 22.2. The van der Waals surface area contributed by atoms with Crippen LogP contribution in [0.5, 0.6) is 0 Å². The molecule has 1 aromatic carbocycles. The SMILES string of the molecule is O=C(Nc1ccn([C@@H]2O[C@]3(CO)CO[C@@H]2[C@@H]3O)c(=O)n1)c1ccccc1. The van der Waals surface area contributed by atoms with Gasteiger partial charge < -0.3 is 25.0 Å². The second-order valence-electron chi connectivity index (χ2n) is 6.27. The molecule has 3 heterocycles. The molecule has 3 N–H and O–H groups in total. The van der Waals surface area contributed by atoms with Crippen LogP contribution in [-0.4, -0.2) is 56.7 Å². The van der Waals surface area contributed by atoms with Crippen molar-refractivity contribution in [2.24, 2.45) is 0 Å². The van der Waals surface area contributed by atoms with E-state index in [0.29, 0.717) is 5.56 Å². The van der Waals surface area contributed by atoms with Gasteiger partial charge in [0.1, 0.15) is 23.6 Å². The lowest BCUT2D eigenvalue weighted by Crippen LogP contribution is -2.44. The molecular weight excluding hydrogens is 342 g/mol. The summed E-state index contributed by atoms with van der Waals surface area (Å²) >= 11 is 0. The molecule has 2 fully saturated rings. The standard InChI is InChI=1S/C17H17N3O6/c21-8-17-9-25-12(13(17)22)15(26-17)20-7-6-11(19-16(20)24)18-14(23)10-4-2-1-3-5-10/h1-7,12-13,15,21-22H,8-9H2,(H,18,19,23,24)/t12-,13+,15-,17-/m1/s1. The zero-order chi connectivity index (χ0) is 18.3. The summed E-state index contributed by atoms with van der Waals surface area (Å²) < 4.78 is 12.3. The maximum Gasteiger partial charge on any atom is 0.351 e. The van der Waals surface area contributed by atoms with Crippen LogP contribution in [0.4, 0.5) is 5.82 Å². The van der Waals surface area contributed by atoms with E-state index in [-0.39, 0.29) is 18.3 Å². The zero-order valence-electron chi connectivity index (χ0n) is 13.6. The van der Waals surface area contributed by atoms with Gasteiger partial charge in [0.15, 0.2) is 6.23 Å². The molecule has 0 spiro atoms. The van der Waals surface area contributed by atoms with Gasteiger partial charge >= 0.3 is 5.69 Å². The zero-order valence-corrected chi connectivity index (χ0v) is 13.6. The summed E-state index contributed by atoms with van der Waals surface area (Å²) in [6.07, 6.45) is -1.30. The molecule has 1 aromatic heterocycles. The molecule has 0 saturated carbocycles. The number of amides is 1. The molecule has 0 unspecified atom stereocenters. The number of rotatable bonds is 4. The summed E-state index contributed by atoms with van der Waals surface area (Å²) in [4.78, 5) is 28.3. The molecule has 2 bridgehead atoms. The van der Waals surface area contributed by atoms with E-state index in [1.807, 2.05) is 0 Å². The number of hydrogen-bond acceptors (Lipinski definition) is 7. The number of aromatic nitrogens is 2. The van der Waals surface area contributed by atoms with Crippen molar-refractivity contribution in [1.29, 1.82) is 0 Å². The van der Waals surface area contributed by atoms with Crippen molar-refractivity contribution in [3.05, 3.63) is 58.6 Å². The van der Waals surface area contributed by atoms with Crippen molar-refractivity contribution >= 4 is 11.7 Å². The third-order valence-electron chi connectivity index (χ3n) is 4.66. The molecule has 4 rings (SSSR count). The Morgan fingerprint density at radius 1 is 1.35 bits per heavy atom. The lowest BCUT2D eigenvalue weighted by Gasteiger charge is -2.29. The Morgan fingerprint density at radius 2 is 2.12 bits per heavy atom. The molecule has 4 atom stereocenters. The van der Waals surface area contributed by atoms with Gasteiger partial charge in [-0.2, -0.15) is 4.98 Å². The average molecular weight is 359 g/mol. The predicted octanol–water partition coefficient (Wildman–Crippen LogP) is -0.485. The topological polar surface area (TPSA) is 123 Å². The number of nitrogens with zero attached hydrogens (tertiary/aromatic N) is 2. The molecule has 2 aliphatic rings. The summed E-state index contributed by atoms with van der Waals surface area (Å²) in [5.74, 6) is -0.286. The van der Waals surface area contributed by atoms with Crippen LogP contribution < -0.4 is 11.0 Å². The van der Waals surface area contributed by atoms with Crippen molar-refractivity contribution in [3.63, 3.8) is 0 Å². The van der Waals surface area contributed by atoms with Crippen LogP contribution in [0.15, 0.2) is 47.4 Å². The van der Waals surface area contributed by atoms with Crippen LogP contribution in [0.2, 0.25) is 0 Å². The molecular formula is C17H17N3O6. The first-order chi connectivity index (χ1) is 12.5. The smallest absolute Gasteiger partial charge is 0.351 e. The van der Waals surface area contributed by atoms with Gasteiger partial charge in [-0.3, -0.25) is 9.36 Å². The van der Waals surface area contributed by atoms with Crippen molar-refractivity contribution in [2.75, 3.05) is 18.5 Å². The molecule has 0 aliphatic carbocycles. The monoisotopic (exact) mass is 359 g/mol. The highest BCUT2D eigenvalue weighted by atomic mass is 16.7. The molecule has 9 nitrogen and oxygen atoms in total. The minimum absolute atomic E-state index is 0.0548. The van der Waals surface area contributed by atoms with Gasteiger partial charge in [0.05, 0.1) is 13.2 Å². The largest absolute Gasteiger partial charge is 0.393 e.